The lowest BCUT2D eigenvalue weighted by Gasteiger charge is -2.20. The van der Waals surface area contributed by atoms with Crippen molar-refractivity contribution in [2.75, 3.05) is 13.2 Å². The number of hydrogen-bond acceptors (Lipinski definition) is 5. The predicted octanol–water partition coefficient (Wildman–Crippen LogP) is 1.10. The van der Waals surface area contributed by atoms with Gasteiger partial charge in [0.15, 0.2) is 0 Å². The van der Waals surface area contributed by atoms with Crippen LogP contribution in [0.25, 0.3) is 0 Å². The fourth-order valence-corrected chi connectivity index (χ4v) is 1.49. The van der Waals surface area contributed by atoms with Crippen LogP contribution in [0.15, 0.2) is 0 Å². The summed E-state index contributed by atoms with van der Waals surface area (Å²) in [5.41, 5.74) is -0.615. The molecule has 0 rings (SSSR count). The lowest BCUT2D eigenvalue weighted by Crippen LogP contribution is -2.41. The molecule has 0 spiro atoms. The quantitative estimate of drug-likeness (QED) is 0.488. The number of ether oxygens (including phenoxy) is 2. The zero-order chi connectivity index (χ0) is 16.5. The number of rotatable bonds is 9. The van der Waals surface area contributed by atoms with E-state index in [0.717, 1.165) is 0 Å². The molecule has 0 aromatic heterocycles. The summed E-state index contributed by atoms with van der Waals surface area (Å²) < 4.78 is 10.1. The first-order valence-corrected chi connectivity index (χ1v) is 6.97. The third-order valence-electron chi connectivity index (χ3n) is 2.37. The van der Waals surface area contributed by atoms with Gasteiger partial charge in [0.1, 0.15) is 11.6 Å². The molecule has 0 radical (unpaired) electrons. The van der Waals surface area contributed by atoms with Crippen LogP contribution in [-0.4, -0.2) is 47.8 Å². The number of amides is 1. The standard InChI is InChI=1S/C14H25NO6/c1-5-20-9-8-11(16)15-10(13(18)19)6-7-12(17)21-14(2,3)4/h10H,5-9H2,1-4H3,(H,15,16)(H,18,19)/t10-/m1/s1. The number of carboxylic acids is 1. The van der Waals surface area contributed by atoms with Gasteiger partial charge in [0.05, 0.1) is 6.61 Å². The minimum absolute atomic E-state index is 0.00930. The van der Waals surface area contributed by atoms with Crippen LogP contribution in [-0.2, 0) is 23.9 Å². The summed E-state index contributed by atoms with van der Waals surface area (Å²) in [4.78, 5) is 34.1. The molecule has 7 heteroatoms. The number of esters is 1. The van der Waals surface area contributed by atoms with Crippen LogP contribution < -0.4 is 5.32 Å². The Morgan fingerprint density at radius 2 is 1.81 bits per heavy atom. The van der Waals surface area contributed by atoms with E-state index in [4.69, 9.17) is 14.6 Å². The van der Waals surface area contributed by atoms with E-state index in [0.29, 0.717) is 6.61 Å². The van der Waals surface area contributed by atoms with E-state index >= 15 is 0 Å². The number of aliphatic carboxylic acids is 1. The van der Waals surface area contributed by atoms with E-state index in [1.54, 1.807) is 27.7 Å². The molecule has 0 unspecified atom stereocenters. The Balaban J connectivity index is 4.22. The monoisotopic (exact) mass is 303 g/mol. The lowest BCUT2D eigenvalue weighted by molar-refractivity contribution is -0.155. The summed E-state index contributed by atoms with van der Waals surface area (Å²) in [6.45, 7) is 7.73. The second-order valence-electron chi connectivity index (χ2n) is 5.53. The smallest absolute Gasteiger partial charge is 0.326 e. The van der Waals surface area contributed by atoms with Gasteiger partial charge >= 0.3 is 11.9 Å². The van der Waals surface area contributed by atoms with Crippen molar-refractivity contribution in [1.82, 2.24) is 5.32 Å². The van der Waals surface area contributed by atoms with Crippen molar-refractivity contribution in [3.05, 3.63) is 0 Å². The van der Waals surface area contributed by atoms with Crippen molar-refractivity contribution >= 4 is 17.8 Å². The van der Waals surface area contributed by atoms with Gasteiger partial charge in [-0.1, -0.05) is 0 Å². The maximum absolute atomic E-state index is 11.5. The Morgan fingerprint density at radius 3 is 2.29 bits per heavy atom. The van der Waals surface area contributed by atoms with Crippen molar-refractivity contribution in [2.45, 2.75) is 58.6 Å². The molecule has 0 fully saturated rings. The molecule has 0 aromatic rings. The summed E-state index contributed by atoms with van der Waals surface area (Å²) in [7, 11) is 0. The molecule has 0 saturated carbocycles. The lowest BCUT2D eigenvalue weighted by atomic mass is 10.1. The van der Waals surface area contributed by atoms with Crippen LogP contribution in [0.2, 0.25) is 0 Å². The molecular weight excluding hydrogens is 278 g/mol. The van der Waals surface area contributed by atoms with E-state index in [1.807, 2.05) is 0 Å². The summed E-state index contributed by atoms with van der Waals surface area (Å²) in [6.07, 6.45) is 0.00859. The maximum Gasteiger partial charge on any atom is 0.326 e. The zero-order valence-electron chi connectivity index (χ0n) is 13.1. The Bertz CT molecular complexity index is 361. The highest BCUT2D eigenvalue weighted by Crippen LogP contribution is 2.10. The molecule has 0 heterocycles. The fourth-order valence-electron chi connectivity index (χ4n) is 1.49. The molecule has 0 aliphatic heterocycles. The second kappa shape index (κ2) is 9.33. The summed E-state index contributed by atoms with van der Waals surface area (Å²) in [5, 5.41) is 11.4. The van der Waals surface area contributed by atoms with E-state index in [9.17, 15) is 14.4 Å². The molecule has 21 heavy (non-hydrogen) atoms. The van der Waals surface area contributed by atoms with Gasteiger partial charge in [-0.2, -0.15) is 0 Å². The van der Waals surface area contributed by atoms with Crippen LogP contribution >= 0.6 is 0 Å². The molecule has 0 aliphatic carbocycles. The first kappa shape index (κ1) is 19.4. The average molecular weight is 303 g/mol. The Kier molecular flexibility index (Phi) is 8.61. The number of nitrogens with one attached hydrogen (secondary N) is 1. The van der Waals surface area contributed by atoms with Gasteiger partial charge in [-0.25, -0.2) is 4.79 Å². The van der Waals surface area contributed by atoms with Gasteiger partial charge in [0.25, 0.3) is 0 Å². The molecule has 1 amide bonds. The molecular formula is C14H25NO6. The summed E-state index contributed by atoms with van der Waals surface area (Å²) >= 11 is 0. The second-order valence-corrected chi connectivity index (χ2v) is 5.53. The molecule has 0 bridgehead atoms. The van der Waals surface area contributed by atoms with Crippen LogP contribution in [0.3, 0.4) is 0 Å². The molecule has 1 atom stereocenters. The molecule has 7 nitrogen and oxygen atoms in total. The molecule has 0 saturated heterocycles. The summed E-state index contributed by atoms with van der Waals surface area (Å²) in [6, 6.07) is -1.10. The number of carbonyl (C=O) groups excluding carboxylic acids is 2. The summed E-state index contributed by atoms with van der Waals surface area (Å²) in [5.74, 6) is -2.08. The van der Waals surface area contributed by atoms with E-state index in [1.165, 1.54) is 0 Å². The number of carboxylic acid groups (broad SMARTS) is 1. The molecule has 0 aromatic carbocycles. The van der Waals surface area contributed by atoms with Crippen molar-refractivity contribution in [1.29, 1.82) is 0 Å². The Labute approximate surface area is 125 Å². The fraction of sp³-hybridized carbons (Fsp3) is 0.786. The normalized spacial score (nSPS) is 12.6. The third-order valence-corrected chi connectivity index (χ3v) is 2.37. The number of carbonyl (C=O) groups is 3. The van der Waals surface area contributed by atoms with Crippen LogP contribution in [0.4, 0.5) is 0 Å². The van der Waals surface area contributed by atoms with Crippen LogP contribution in [0.1, 0.15) is 47.0 Å². The van der Waals surface area contributed by atoms with Gasteiger partial charge in [-0.05, 0) is 34.1 Å². The Morgan fingerprint density at radius 1 is 1.19 bits per heavy atom. The van der Waals surface area contributed by atoms with Gasteiger partial charge in [-0.15, -0.1) is 0 Å². The van der Waals surface area contributed by atoms with Crippen molar-refractivity contribution < 1.29 is 29.0 Å². The van der Waals surface area contributed by atoms with Crippen molar-refractivity contribution in [3.63, 3.8) is 0 Å². The first-order valence-electron chi connectivity index (χ1n) is 6.97. The van der Waals surface area contributed by atoms with Crippen LogP contribution in [0, 0.1) is 0 Å². The minimum Gasteiger partial charge on any atom is -0.480 e. The SMILES string of the molecule is CCOCCC(=O)N[C@H](CCC(=O)OC(C)(C)C)C(=O)O. The van der Waals surface area contributed by atoms with Crippen LogP contribution in [0.5, 0.6) is 0 Å². The van der Waals surface area contributed by atoms with Crippen molar-refractivity contribution in [2.24, 2.45) is 0 Å². The number of hydrogen-bond donors (Lipinski definition) is 2. The Hall–Kier alpha value is -1.63. The third kappa shape index (κ3) is 10.8. The van der Waals surface area contributed by atoms with Gasteiger partial charge in [0.2, 0.25) is 5.91 Å². The highest BCUT2D eigenvalue weighted by atomic mass is 16.6. The van der Waals surface area contributed by atoms with E-state index in [-0.39, 0.29) is 25.9 Å². The zero-order valence-corrected chi connectivity index (χ0v) is 13.1. The average Bonchev–Trinajstić information content (AvgIpc) is 2.32. The van der Waals surface area contributed by atoms with E-state index in [2.05, 4.69) is 5.32 Å². The van der Waals surface area contributed by atoms with Crippen molar-refractivity contribution in [3.8, 4) is 0 Å². The highest BCUT2D eigenvalue weighted by molar-refractivity contribution is 5.84. The predicted molar refractivity (Wildman–Crippen MR) is 75.8 cm³/mol. The highest BCUT2D eigenvalue weighted by Gasteiger charge is 2.23. The van der Waals surface area contributed by atoms with Gasteiger partial charge < -0.3 is 19.9 Å². The minimum atomic E-state index is -1.18. The topological polar surface area (TPSA) is 102 Å². The molecule has 122 valence electrons. The molecule has 0 aliphatic rings. The molecule has 2 N–H and O–H groups in total. The van der Waals surface area contributed by atoms with Gasteiger partial charge in [-0.3, -0.25) is 9.59 Å². The van der Waals surface area contributed by atoms with E-state index < -0.39 is 29.5 Å². The maximum atomic E-state index is 11.5. The van der Waals surface area contributed by atoms with Gasteiger partial charge in [0, 0.05) is 19.4 Å². The largest absolute Gasteiger partial charge is 0.480 e. The first-order chi connectivity index (χ1) is 9.65.